The topological polar surface area (TPSA) is 64.9 Å². The number of rotatable bonds is 3. The summed E-state index contributed by atoms with van der Waals surface area (Å²) >= 11 is 3.26. The Bertz CT molecular complexity index is 569. The Kier molecular flexibility index (Phi) is 3.88. The van der Waals surface area contributed by atoms with Gasteiger partial charge in [0, 0.05) is 17.9 Å². The van der Waals surface area contributed by atoms with Crippen molar-refractivity contribution in [1.82, 2.24) is 4.98 Å². The first-order valence-corrected chi connectivity index (χ1v) is 6.90. The van der Waals surface area contributed by atoms with E-state index in [1.807, 2.05) is 0 Å². The minimum atomic E-state index is -2.69. The molecule has 0 unspecified atom stereocenters. The second-order valence-electron chi connectivity index (χ2n) is 5.28. The summed E-state index contributed by atoms with van der Waals surface area (Å²) in [5, 5.41) is 3.72. The second kappa shape index (κ2) is 5.18. The highest BCUT2D eigenvalue weighted by Gasteiger charge is 2.40. The van der Waals surface area contributed by atoms with Gasteiger partial charge in [-0.15, -0.1) is 0 Å². The molecule has 0 aromatic carbocycles. The molecule has 1 saturated heterocycles. The molecule has 8 heteroatoms. The molecule has 2 heterocycles. The molecule has 0 radical (unpaired) electrons. The van der Waals surface area contributed by atoms with Gasteiger partial charge in [-0.3, -0.25) is 0 Å². The molecular formula is C12H14BrF2N5. The van der Waals surface area contributed by atoms with Gasteiger partial charge in [0.2, 0.25) is 0 Å². The van der Waals surface area contributed by atoms with Crippen LogP contribution in [0, 0.1) is 0 Å². The Morgan fingerprint density at radius 1 is 1.50 bits per heavy atom. The molecule has 0 atom stereocenters. The quantitative estimate of drug-likeness (QED) is 0.356. The van der Waals surface area contributed by atoms with Crippen LogP contribution < -0.4 is 4.90 Å². The minimum Gasteiger partial charge on any atom is -0.364 e. The third-order valence-corrected chi connectivity index (χ3v) is 3.67. The molecule has 0 saturated carbocycles. The van der Waals surface area contributed by atoms with Gasteiger partial charge in [-0.2, -0.15) is 0 Å². The van der Waals surface area contributed by atoms with E-state index < -0.39 is 11.5 Å². The van der Waals surface area contributed by atoms with Gasteiger partial charge in [-0.05, 0) is 47.4 Å². The zero-order valence-electron chi connectivity index (χ0n) is 11.1. The number of azide groups is 1. The van der Waals surface area contributed by atoms with Crippen LogP contribution >= 0.6 is 15.9 Å². The number of anilines is 1. The van der Waals surface area contributed by atoms with Crippen molar-refractivity contribution in [1.29, 1.82) is 0 Å². The molecule has 1 aliphatic rings. The lowest BCUT2D eigenvalue weighted by Gasteiger charge is -2.27. The summed E-state index contributed by atoms with van der Waals surface area (Å²) in [5.74, 6) is -2.69. The van der Waals surface area contributed by atoms with Crippen LogP contribution in [0.25, 0.3) is 10.4 Å². The van der Waals surface area contributed by atoms with Crippen LogP contribution in [0.15, 0.2) is 21.9 Å². The summed E-state index contributed by atoms with van der Waals surface area (Å²) in [6.07, 6.45) is -0.176. The van der Waals surface area contributed by atoms with Crippen molar-refractivity contribution in [3.05, 3.63) is 32.9 Å². The molecule has 1 aromatic rings. The molecule has 20 heavy (non-hydrogen) atoms. The fourth-order valence-corrected chi connectivity index (χ4v) is 2.54. The number of aromatic nitrogens is 1. The smallest absolute Gasteiger partial charge is 0.266 e. The average Bonchev–Trinajstić information content (AvgIpc) is 2.69. The van der Waals surface area contributed by atoms with Gasteiger partial charge < -0.3 is 4.90 Å². The van der Waals surface area contributed by atoms with Crippen LogP contribution in [0.5, 0.6) is 0 Å². The van der Waals surface area contributed by atoms with Gasteiger partial charge in [-0.25, -0.2) is 13.8 Å². The summed E-state index contributed by atoms with van der Waals surface area (Å²) in [6, 6.07) is 3.42. The SMILES string of the molecule is CC(C)(N=[N+]=[N-])c1nc(Br)ccc1N1CCC(F)(F)C1. The van der Waals surface area contributed by atoms with Crippen molar-refractivity contribution in [3.63, 3.8) is 0 Å². The number of pyridine rings is 1. The summed E-state index contributed by atoms with van der Waals surface area (Å²) in [4.78, 5) is 8.72. The third-order valence-electron chi connectivity index (χ3n) is 3.22. The normalized spacial score (nSPS) is 17.9. The Morgan fingerprint density at radius 3 is 2.75 bits per heavy atom. The van der Waals surface area contributed by atoms with Crippen molar-refractivity contribution < 1.29 is 8.78 Å². The first kappa shape index (κ1) is 15.0. The van der Waals surface area contributed by atoms with Crippen molar-refractivity contribution in [3.8, 4) is 0 Å². The van der Waals surface area contributed by atoms with E-state index in [4.69, 9.17) is 5.53 Å². The van der Waals surface area contributed by atoms with E-state index in [1.54, 1.807) is 30.9 Å². The minimum absolute atomic E-state index is 0.176. The van der Waals surface area contributed by atoms with Gasteiger partial charge in [0.05, 0.1) is 23.5 Å². The van der Waals surface area contributed by atoms with Gasteiger partial charge in [0.15, 0.2) is 0 Å². The molecule has 1 aromatic heterocycles. The van der Waals surface area contributed by atoms with Crippen LogP contribution in [0.4, 0.5) is 14.5 Å². The van der Waals surface area contributed by atoms with E-state index in [0.717, 1.165) is 0 Å². The van der Waals surface area contributed by atoms with Crippen LogP contribution in [0.3, 0.4) is 0 Å². The van der Waals surface area contributed by atoms with Crippen LogP contribution in [0.1, 0.15) is 26.0 Å². The largest absolute Gasteiger partial charge is 0.364 e. The van der Waals surface area contributed by atoms with Crippen LogP contribution in [-0.2, 0) is 5.54 Å². The molecule has 108 valence electrons. The molecule has 5 nitrogen and oxygen atoms in total. The highest BCUT2D eigenvalue weighted by Crippen LogP contribution is 2.37. The van der Waals surface area contributed by atoms with Crippen molar-refractivity contribution in [2.45, 2.75) is 31.7 Å². The summed E-state index contributed by atoms with van der Waals surface area (Å²) in [7, 11) is 0. The van der Waals surface area contributed by atoms with Gasteiger partial charge >= 0.3 is 0 Å². The number of nitrogens with zero attached hydrogens (tertiary/aromatic N) is 5. The van der Waals surface area contributed by atoms with Crippen LogP contribution in [-0.4, -0.2) is 24.0 Å². The average molecular weight is 346 g/mol. The van der Waals surface area contributed by atoms with Gasteiger partial charge in [0.1, 0.15) is 4.60 Å². The van der Waals surface area contributed by atoms with Crippen molar-refractivity contribution in [2.75, 3.05) is 18.0 Å². The molecule has 0 aliphatic carbocycles. The van der Waals surface area contributed by atoms with Gasteiger partial charge in [0.25, 0.3) is 5.92 Å². The van der Waals surface area contributed by atoms with E-state index in [9.17, 15) is 8.78 Å². The maximum atomic E-state index is 13.4. The number of hydrogen-bond donors (Lipinski definition) is 0. The summed E-state index contributed by atoms with van der Waals surface area (Å²) < 4.78 is 27.3. The lowest BCUT2D eigenvalue weighted by Crippen LogP contribution is -2.28. The number of halogens is 3. The van der Waals surface area contributed by atoms with E-state index >= 15 is 0 Å². The molecule has 0 bridgehead atoms. The Hall–Kier alpha value is -1.40. The molecular weight excluding hydrogens is 332 g/mol. The second-order valence-corrected chi connectivity index (χ2v) is 6.09. The molecule has 0 spiro atoms. The Balaban J connectivity index is 2.47. The maximum Gasteiger partial charge on any atom is 0.266 e. The summed E-state index contributed by atoms with van der Waals surface area (Å²) in [6.45, 7) is 3.34. The standard InChI is InChI=1S/C12H14BrF2N5/c1-11(2,18-19-16)10-8(3-4-9(13)17-10)20-6-5-12(14,15)7-20/h3-4H,5-7H2,1-2H3. The molecule has 1 aliphatic heterocycles. The lowest BCUT2D eigenvalue weighted by molar-refractivity contribution is 0.0257. The fraction of sp³-hybridized carbons (Fsp3) is 0.583. The van der Waals surface area contributed by atoms with Crippen molar-refractivity contribution >= 4 is 21.6 Å². The molecule has 0 amide bonds. The van der Waals surface area contributed by atoms with Crippen molar-refractivity contribution in [2.24, 2.45) is 5.11 Å². The predicted molar refractivity (Wildman–Crippen MR) is 75.9 cm³/mol. The highest BCUT2D eigenvalue weighted by molar-refractivity contribution is 9.10. The highest BCUT2D eigenvalue weighted by atomic mass is 79.9. The molecule has 2 rings (SSSR count). The number of alkyl halides is 2. The number of hydrogen-bond acceptors (Lipinski definition) is 3. The molecule has 0 N–H and O–H groups in total. The summed E-state index contributed by atoms with van der Waals surface area (Å²) in [5.41, 5.74) is 8.82. The molecule has 1 fully saturated rings. The zero-order chi connectivity index (χ0) is 15.0. The maximum absolute atomic E-state index is 13.4. The predicted octanol–water partition coefficient (Wildman–Crippen LogP) is 4.23. The Labute approximate surface area is 123 Å². The van der Waals surface area contributed by atoms with E-state index in [1.165, 1.54) is 0 Å². The van der Waals surface area contributed by atoms with Gasteiger partial charge in [-0.1, -0.05) is 5.11 Å². The third kappa shape index (κ3) is 3.02. The van der Waals surface area contributed by atoms with E-state index in [2.05, 4.69) is 30.9 Å². The first-order valence-electron chi connectivity index (χ1n) is 6.11. The Morgan fingerprint density at radius 2 is 2.20 bits per heavy atom. The van der Waals surface area contributed by atoms with E-state index in [0.29, 0.717) is 16.0 Å². The van der Waals surface area contributed by atoms with E-state index in [-0.39, 0.29) is 19.5 Å². The lowest BCUT2D eigenvalue weighted by atomic mass is 9.99. The zero-order valence-corrected chi connectivity index (χ0v) is 12.7. The first-order chi connectivity index (χ1) is 9.25. The monoisotopic (exact) mass is 345 g/mol. The fourth-order valence-electron chi connectivity index (χ4n) is 2.23. The van der Waals surface area contributed by atoms with Crippen LogP contribution in [0.2, 0.25) is 0 Å².